The van der Waals surface area contributed by atoms with Crippen LogP contribution in [0.4, 0.5) is 0 Å². The zero-order valence-corrected chi connectivity index (χ0v) is 14.7. The Morgan fingerprint density at radius 1 is 1.36 bits per heavy atom. The summed E-state index contributed by atoms with van der Waals surface area (Å²) < 4.78 is 10.2. The molecule has 0 bridgehead atoms. The second-order valence-corrected chi connectivity index (χ2v) is 6.07. The number of rotatable bonds is 7. The minimum atomic E-state index is -0.462. The van der Waals surface area contributed by atoms with Crippen molar-refractivity contribution in [3.05, 3.63) is 29.8 Å². The summed E-state index contributed by atoms with van der Waals surface area (Å²) in [5.74, 6) is -0.110. The molecule has 0 aliphatic carbocycles. The van der Waals surface area contributed by atoms with Crippen LogP contribution in [0.1, 0.15) is 44.2 Å². The third kappa shape index (κ3) is 4.50. The van der Waals surface area contributed by atoms with Gasteiger partial charge in [0.2, 0.25) is 5.91 Å². The highest BCUT2D eigenvalue weighted by Gasteiger charge is 2.41. The fourth-order valence-corrected chi connectivity index (χ4v) is 3.22. The van der Waals surface area contributed by atoms with Crippen molar-refractivity contribution in [1.29, 1.82) is 5.26 Å². The van der Waals surface area contributed by atoms with Gasteiger partial charge in [0.1, 0.15) is 11.8 Å². The van der Waals surface area contributed by atoms with E-state index in [1.807, 2.05) is 30.3 Å². The number of ether oxygens (including phenoxy) is 2. The topological polar surface area (TPSA) is 79.6 Å². The van der Waals surface area contributed by atoms with Crippen molar-refractivity contribution in [2.45, 2.75) is 38.6 Å². The predicted molar refractivity (Wildman–Crippen MR) is 91.7 cm³/mol. The first-order chi connectivity index (χ1) is 12.1. The minimum absolute atomic E-state index is 0.0543. The van der Waals surface area contributed by atoms with E-state index in [0.717, 1.165) is 24.2 Å². The number of carbonyl (C=O) groups excluding carboxylic acids is 2. The van der Waals surface area contributed by atoms with Crippen LogP contribution in [0.25, 0.3) is 0 Å². The fraction of sp³-hybridized carbons (Fsp3) is 0.526. The van der Waals surface area contributed by atoms with Gasteiger partial charge in [-0.2, -0.15) is 5.26 Å². The molecule has 134 valence electrons. The Labute approximate surface area is 148 Å². The summed E-state index contributed by atoms with van der Waals surface area (Å²) in [6.07, 6.45) is 2.59. The van der Waals surface area contributed by atoms with Crippen LogP contribution >= 0.6 is 0 Å². The smallest absolute Gasteiger partial charge is 0.312 e. The molecule has 1 aliphatic rings. The molecule has 6 heteroatoms. The van der Waals surface area contributed by atoms with E-state index in [1.165, 1.54) is 0 Å². The van der Waals surface area contributed by atoms with Gasteiger partial charge < -0.3 is 14.4 Å². The number of benzene rings is 1. The number of piperidine rings is 1. The van der Waals surface area contributed by atoms with Crippen molar-refractivity contribution in [2.75, 3.05) is 20.3 Å². The van der Waals surface area contributed by atoms with Crippen molar-refractivity contribution in [3.63, 3.8) is 0 Å². The Morgan fingerprint density at radius 2 is 2.08 bits per heavy atom. The molecule has 6 nitrogen and oxygen atoms in total. The number of hydrogen-bond donors (Lipinski definition) is 0. The van der Waals surface area contributed by atoms with Gasteiger partial charge in [-0.05, 0) is 30.5 Å². The van der Waals surface area contributed by atoms with E-state index in [0.29, 0.717) is 19.4 Å². The molecular weight excluding hydrogens is 320 g/mol. The van der Waals surface area contributed by atoms with Crippen LogP contribution in [0.15, 0.2) is 24.3 Å². The number of carbonyl (C=O) groups is 2. The van der Waals surface area contributed by atoms with Crippen LogP contribution in [-0.2, 0) is 14.3 Å². The molecule has 1 aromatic rings. The van der Waals surface area contributed by atoms with E-state index in [2.05, 4.69) is 6.92 Å². The highest BCUT2D eigenvalue weighted by molar-refractivity contribution is 5.82. The van der Waals surface area contributed by atoms with E-state index in [-0.39, 0.29) is 18.6 Å². The third-order valence-electron chi connectivity index (χ3n) is 4.50. The highest BCUT2D eigenvalue weighted by atomic mass is 16.5. The number of methoxy groups -OCH3 is 1. The summed E-state index contributed by atoms with van der Waals surface area (Å²) in [5, 5.41) is 8.66. The van der Waals surface area contributed by atoms with Gasteiger partial charge in [-0.1, -0.05) is 25.5 Å². The van der Waals surface area contributed by atoms with Crippen LogP contribution in [0.3, 0.4) is 0 Å². The first-order valence-corrected chi connectivity index (χ1v) is 8.59. The summed E-state index contributed by atoms with van der Waals surface area (Å²) >= 11 is 0. The van der Waals surface area contributed by atoms with Gasteiger partial charge in [-0.25, -0.2) is 0 Å². The molecule has 0 saturated carbocycles. The van der Waals surface area contributed by atoms with Crippen LogP contribution in [0.2, 0.25) is 0 Å². The number of esters is 1. The molecule has 1 saturated heterocycles. The molecule has 0 radical (unpaired) electrons. The number of nitriles is 1. The molecule has 2 rings (SSSR count). The van der Waals surface area contributed by atoms with E-state index < -0.39 is 11.9 Å². The molecule has 0 spiro atoms. The lowest BCUT2D eigenvalue weighted by atomic mass is 9.84. The molecule has 1 aliphatic heterocycles. The number of unbranched alkanes of at least 4 members (excludes halogenated alkanes) is 1. The summed E-state index contributed by atoms with van der Waals surface area (Å²) in [6.45, 7) is 2.40. The molecule has 1 heterocycles. The molecule has 1 aromatic carbocycles. The van der Waals surface area contributed by atoms with E-state index in [1.54, 1.807) is 12.0 Å². The van der Waals surface area contributed by atoms with E-state index >= 15 is 0 Å². The molecular formula is C19H24N2O4. The molecule has 0 N–H and O–H groups in total. The lowest BCUT2D eigenvalue weighted by Gasteiger charge is -2.40. The normalized spacial score (nSPS) is 20.0. The van der Waals surface area contributed by atoms with Crippen molar-refractivity contribution in [2.24, 2.45) is 5.92 Å². The van der Waals surface area contributed by atoms with Gasteiger partial charge in [0, 0.05) is 13.0 Å². The number of amides is 1. The maximum absolute atomic E-state index is 12.5. The second-order valence-electron chi connectivity index (χ2n) is 6.07. The van der Waals surface area contributed by atoms with Gasteiger partial charge >= 0.3 is 5.97 Å². The average Bonchev–Trinajstić information content (AvgIpc) is 2.65. The van der Waals surface area contributed by atoms with Gasteiger partial charge in [0.05, 0.1) is 19.1 Å². The fourth-order valence-electron chi connectivity index (χ4n) is 3.22. The van der Waals surface area contributed by atoms with Gasteiger partial charge in [0.15, 0.2) is 6.61 Å². The minimum Gasteiger partial charge on any atom is -0.497 e. The standard InChI is InChI=1S/C19H24N2O4/c1-3-4-12-21-17(22)10-9-16(19(23)25-13-11-20)18(21)14-5-7-15(24-2)8-6-14/h5-8,16,18H,3-4,9-10,12-13H2,1-2H3. The Morgan fingerprint density at radius 3 is 2.68 bits per heavy atom. The summed E-state index contributed by atoms with van der Waals surface area (Å²) in [7, 11) is 1.59. The third-order valence-corrected chi connectivity index (χ3v) is 4.50. The Hall–Kier alpha value is -2.55. The molecule has 25 heavy (non-hydrogen) atoms. The number of hydrogen-bond acceptors (Lipinski definition) is 5. The maximum Gasteiger partial charge on any atom is 0.312 e. The Kier molecular flexibility index (Phi) is 6.81. The van der Waals surface area contributed by atoms with E-state index in [9.17, 15) is 9.59 Å². The molecule has 1 amide bonds. The SMILES string of the molecule is CCCCN1C(=O)CCC(C(=O)OCC#N)C1c1ccc(OC)cc1. The maximum atomic E-state index is 12.5. The van der Waals surface area contributed by atoms with Gasteiger partial charge in [-0.3, -0.25) is 9.59 Å². The quantitative estimate of drug-likeness (QED) is 0.711. The van der Waals surface area contributed by atoms with E-state index in [4.69, 9.17) is 14.7 Å². The monoisotopic (exact) mass is 344 g/mol. The summed E-state index contributed by atoms with van der Waals surface area (Å²) in [6, 6.07) is 8.86. The van der Waals surface area contributed by atoms with Crippen molar-refractivity contribution in [3.8, 4) is 11.8 Å². The lowest BCUT2D eigenvalue weighted by molar-refractivity contribution is -0.156. The van der Waals surface area contributed by atoms with Crippen molar-refractivity contribution < 1.29 is 19.1 Å². The van der Waals surface area contributed by atoms with Crippen molar-refractivity contribution >= 4 is 11.9 Å². The molecule has 0 aromatic heterocycles. The number of likely N-dealkylation sites (tertiary alicyclic amines) is 1. The lowest BCUT2D eigenvalue weighted by Crippen LogP contribution is -2.46. The van der Waals surface area contributed by atoms with Crippen LogP contribution < -0.4 is 4.74 Å². The zero-order valence-electron chi connectivity index (χ0n) is 14.7. The van der Waals surface area contributed by atoms with Crippen LogP contribution in [0.5, 0.6) is 5.75 Å². The first kappa shape index (κ1) is 18.8. The van der Waals surface area contributed by atoms with Crippen LogP contribution in [0, 0.1) is 17.2 Å². The largest absolute Gasteiger partial charge is 0.497 e. The predicted octanol–water partition coefficient (Wildman–Crippen LogP) is 2.84. The van der Waals surface area contributed by atoms with Gasteiger partial charge in [-0.15, -0.1) is 0 Å². The molecule has 2 atom stereocenters. The average molecular weight is 344 g/mol. The molecule has 1 fully saturated rings. The first-order valence-electron chi connectivity index (χ1n) is 8.59. The Balaban J connectivity index is 2.34. The van der Waals surface area contributed by atoms with Crippen LogP contribution in [-0.4, -0.2) is 37.0 Å². The second kappa shape index (κ2) is 9.07. The zero-order chi connectivity index (χ0) is 18.2. The summed E-state index contributed by atoms with van der Waals surface area (Å²) in [4.78, 5) is 26.7. The molecule has 2 unspecified atom stereocenters. The van der Waals surface area contributed by atoms with Crippen molar-refractivity contribution in [1.82, 2.24) is 4.90 Å². The highest BCUT2D eigenvalue weighted by Crippen LogP contribution is 2.38. The summed E-state index contributed by atoms with van der Waals surface area (Å²) in [5.41, 5.74) is 0.879. The Bertz CT molecular complexity index is 636. The number of nitrogens with zero attached hydrogens (tertiary/aromatic N) is 2. The van der Waals surface area contributed by atoms with Gasteiger partial charge in [0.25, 0.3) is 0 Å².